The molecule has 0 fully saturated rings. The first-order valence-corrected chi connectivity index (χ1v) is 17.2. The highest BCUT2D eigenvalue weighted by Gasteiger charge is 2.18. The van der Waals surface area contributed by atoms with Crippen LogP contribution in [0.4, 0.5) is 0 Å². The molecule has 0 amide bonds. The van der Waals surface area contributed by atoms with E-state index < -0.39 is 0 Å². The zero-order valence-electron chi connectivity index (χ0n) is 27.6. The molecule has 0 heterocycles. The van der Waals surface area contributed by atoms with Crippen LogP contribution in [0.1, 0.15) is 167 Å². The molecular formula is C36H62O6. The van der Waals surface area contributed by atoms with E-state index in [0.29, 0.717) is 24.7 Å². The molecule has 242 valence electrons. The van der Waals surface area contributed by atoms with Crippen LogP contribution >= 0.6 is 0 Å². The second kappa shape index (κ2) is 26.4. The lowest BCUT2D eigenvalue weighted by atomic mass is 10.1. The van der Waals surface area contributed by atoms with Crippen molar-refractivity contribution in [2.45, 2.75) is 169 Å². The summed E-state index contributed by atoms with van der Waals surface area (Å²) in [5.41, 5.74) is 1.53. The number of hydrogen-bond donors (Lipinski definition) is 0. The zero-order chi connectivity index (χ0) is 30.7. The summed E-state index contributed by atoms with van der Waals surface area (Å²) in [6.07, 6.45) is 25.1. The van der Waals surface area contributed by atoms with Gasteiger partial charge in [0.05, 0.1) is 13.2 Å². The molecule has 42 heavy (non-hydrogen) atoms. The number of esters is 2. The van der Waals surface area contributed by atoms with E-state index in [1.807, 2.05) is 12.1 Å². The summed E-state index contributed by atoms with van der Waals surface area (Å²) in [5, 5.41) is 0. The van der Waals surface area contributed by atoms with Gasteiger partial charge in [-0.25, -0.2) is 0 Å². The average molecular weight is 591 g/mol. The molecule has 0 radical (unpaired) electrons. The van der Waals surface area contributed by atoms with Crippen LogP contribution in [0.3, 0.4) is 0 Å². The van der Waals surface area contributed by atoms with E-state index >= 15 is 0 Å². The smallest absolute Gasteiger partial charge is 0.302 e. The molecule has 0 aromatic heterocycles. The van der Waals surface area contributed by atoms with Gasteiger partial charge in [0.2, 0.25) is 0 Å². The topological polar surface area (TPSA) is 71.1 Å². The molecule has 0 aliphatic rings. The number of ether oxygens (including phenoxy) is 4. The number of unbranched alkanes of at least 4 members (excludes halogenated alkanes) is 18. The first-order valence-electron chi connectivity index (χ1n) is 17.2. The first kappa shape index (κ1) is 37.8. The van der Waals surface area contributed by atoms with Crippen LogP contribution in [-0.2, 0) is 32.3 Å². The van der Waals surface area contributed by atoms with Gasteiger partial charge in [-0.1, -0.05) is 142 Å². The Morgan fingerprint density at radius 2 is 0.762 bits per heavy atom. The molecule has 1 aromatic carbocycles. The maximum atomic E-state index is 11.5. The molecule has 6 nitrogen and oxygen atoms in total. The van der Waals surface area contributed by atoms with Crippen LogP contribution in [0, 0.1) is 0 Å². The molecule has 1 aromatic rings. The molecule has 0 aliphatic carbocycles. The number of rotatable bonds is 28. The Hall–Kier alpha value is -2.24. The quantitative estimate of drug-likeness (QED) is 0.0714. The van der Waals surface area contributed by atoms with E-state index in [9.17, 15) is 9.59 Å². The third-order valence-electron chi connectivity index (χ3n) is 7.63. The van der Waals surface area contributed by atoms with Gasteiger partial charge < -0.3 is 18.9 Å². The highest BCUT2D eigenvalue weighted by Crippen LogP contribution is 2.37. The van der Waals surface area contributed by atoms with Gasteiger partial charge in [0.15, 0.2) is 11.5 Å². The minimum absolute atomic E-state index is 0.116. The number of carbonyl (C=O) groups is 2. The van der Waals surface area contributed by atoms with Crippen molar-refractivity contribution in [1.29, 1.82) is 0 Å². The molecule has 0 N–H and O–H groups in total. The third-order valence-corrected chi connectivity index (χ3v) is 7.63. The Morgan fingerprint density at radius 3 is 1.05 bits per heavy atom. The molecule has 6 heteroatoms. The largest absolute Gasteiger partial charge is 0.489 e. The molecule has 0 saturated carbocycles. The summed E-state index contributed by atoms with van der Waals surface area (Å²) in [4.78, 5) is 23.1. The molecule has 0 atom stereocenters. The summed E-state index contributed by atoms with van der Waals surface area (Å²) in [6.45, 7) is 8.68. The van der Waals surface area contributed by atoms with Gasteiger partial charge in [0, 0.05) is 25.0 Å². The maximum Gasteiger partial charge on any atom is 0.302 e. The Bertz CT molecular complexity index is 754. The van der Waals surface area contributed by atoms with Crippen LogP contribution in [0.2, 0.25) is 0 Å². The average Bonchev–Trinajstić information content (AvgIpc) is 2.97. The van der Waals surface area contributed by atoms with Crippen LogP contribution in [-0.4, -0.2) is 25.2 Å². The van der Waals surface area contributed by atoms with E-state index in [-0.39, 0.29) is 25.2 Å². The Kier molecular flexibility index (Phi) is 23.7. The van der Waals surface area contributed by atoms with Crippen molar-refractivity contribution >= 4 is 11.9 Å². The van der Waals surface area contributed by atoms with Crippen molar-refractivity contribution in [2.75, 3.05) is 13.2 Å². The fraction of sp³-hybridized carbons (Fsp3) is 0.778. The van der Waals surface area contributed by atoms with E-state index in [0.717, 1.165) is 36.8 Å². The normalized spacial score (nSPS) is 11.0. The third kappa shape index (κ3) is 19.8. The van der Waals surface area contributed by atoms with Gasteiger partial charge >= 0.3 is 11.9 Å². The van der Waals surface area contributed by atoms with Gasteiger partial charge in [-0.2, -0.15) is 0 Å². The molecule has 1 rings (SSSR count). The fourth-order valence-electron chi connectivity index (χ4n) is 5.07. The predicted octanol–water partition coefficient (Wildman–Crippen LogP) is 10.4. The Labute approximate surface area is 257 Å². The number of benzene rings is 1. The minimum Gasteiger partial charge on any atom is -0.489 e. The Morgan fingerprint density at radius 1 is 0.476 bits per heavy atom. The zero-order valence-corrected chi connectivity index (χ0v) is 27.6. The monoisotopic (exact) mass is 590 g/mol. The predicted molar refractivity (Wildman–Crippen MR) is 172 cm³/mol. The second-order valence-corrected chi connectivity index (χ2v) is 11.7. The molecule has 0 spiro atoms. The van der Waals surface area contributed by atoms with E-state index in [1.54, 1.807) is 0 Å². The van der Waals surface area contributed by atoms with Gasteiger partial charge in [0.1, 0.15) is 13.2 Å². The molecule has 0 aliphatic heterocycles. The van der Waals surface area contributed by atoms with Gasteiger partial charge in [0.25, 0.3) is 0 Å². The van der Waals surface area contributed by atoms with E-state index in [4.69, 9.17) is 18.9 Å². The van der Waals surface area contributed by atoms with Gasteiger partial charge in [-0.05, 0) is 12.8 Å². The van der Waals surface area contributed by atoms with E-state index in [1.165, 1.54) is 117 Å². The molecular weight excluding hydrogens is 528 g/mol. The van der Waals surface area contributed by atoms with Crippen LogP contribution in [0.15, 0.2) is 12.1 Å². The first-order chi connectivity index (χ1) is 20.5. The fourth-order valence-corrected chi connectivity index (χ4v) is 5.07. The van der Waals surface area contributed by atoms with Crippen LogP contribution in [0.5, 0.6) is 11.5 Å². The van der Waals surface area contributed by atoms with Crippen molar-refractivity contribution in [2.24, 2.45) is 0 Å². The van der Waals surface area contributed by atoms with Crippen molar-refractivity contribution in [3.05, 3.63) is 23.3 Å². The van der Waals surface area contributed by atoms with E-state index in [2.05, 4.69) is 13.8 Å². The summed E-state index contributed by atoms with van der Waals surface area (Å²) < 4.78 is 23.3. The van der Waals surface area contributed by atoms with Crippen molar-refractivity contribution < 1.29 is 28.5 Å². The van der Waals surface area contributed by atoms with Gasteiger partial charge in [-0.15, -0.1) is 0 Å². The molecule has 0 saturated heterocycles. The SMILES string of the molecule is CCCCCCCCCCCCOc1c(COC(C)=O)ccc(COC(C)=O)c1OCCCCCCCCCCCC. The highest BCUT2D eigenvalue weighted by atomic mass is 16.5. The minimum atomic E-state index is -0.340. The summed E-state index contributed by atoms with van der Waals surface area (Å²) >= 11 is 0. The lowest BCUT2D eigenvalue weighted by molar-refractivity contribution is -0.143. The van der Waals surface area contributed by atoms with Gasteiger partial charge in [-0.3, -0.25) is 9.59 Å². The van der Waals surface area contributed by atoms with Crippen LogP contribution < -0.4 is 9.47 Å². The second-order valence-electron chi connectivity index (χ2n) is 11.7. The molecule has 0 bridgehead atoms. The lowest BCUT2D eigenvalue weighted by Crippen LogP contribution is -2.10. The standard InChI is InChI=1S/C36H62O6/c1-5-7-9-11-13-15-17-19-21-23-27-39-35-33(29-41-31(3)37)25-26-34(30-42-32(4)38)36(35)40-28-24-22-20-18-16-14-12-10-8-6-2/h25-26H,5-24,27-30H2,1-4H3. The van der Waals surface area contributed by atoms with Crippen molar-refractivity contribution in [1.82, 2.24) is 0 Å². The summed E-state index contributed by atoms with van der Waals surface area (Å²) in [7, 11) is 0. The molecule has 0 unspecified atom stereocenters. The van der Waals surface area contributed by atoms with Crippen molar-refractivity contribution in [3.63, 3.8) is 0 Å². The lowest BCUT2D eigenvalue weighted by Gasteiger charge is -2.20. The van der Waals surface area contributed by atoms with Crippen molar-refractivity contribution in [3.8, 4) is 11.5 Å². The Balaban J connectivity index is 2.67. The van der Waals surface area contributed by atoms with Crippen LogP contribution in [0.25, 0.3) is 0 Å². The number of carbonyl (C=O) groups excluding carboxylic acids is 2. The maximum absolute atomic E-state index is 11.5. The number of hydrogen-bond acceptors (Lipinski definition) is 6. The summed E-state index contributed by atoms with van der Waals surface area (Å²) in [6, 6.07) is 3.76. The summed E-state index contributed by atoms with van der Waals surface area (Å²) in [5.74, 6) is 0.521. The highest BCUT2D eigenvalue weighted by molar-refractivity contribution is 5.67.